The molecule has 2 aromatic rings. The fraction of sp³-hybridized carbons (Fsp3) is 0.333. The van der Waals surface area contributed by atoms with E-state index in [-0.39, 0.29) is 31.3 Å². The number of anilines is 1. The number of para-hydroxylation sites is 1. The molecule has 1 aliphatic heterocycles. The summed E-state index contributed by atoms with van der Waals surface area (Å²) in [6, 6.07) is 11.4. The zero-order valence-electron chi connectivity index (χ0n) is 13.9. The number of carbonyl (C=O) groups excluding carboxylic acids is 2. The monoisotopic (exact) mass is 360 g/mol. The van der Waals surface area contributed by atoms with Crippen molar-refractivity contribution in [2.75, 3.05) is 24.6 Å². The molecule has 2 heterocycles. The molecule has 25 heavy (non-hydrogen) atoms. The largest absolute Gasteiger partial charge is 0.483 e. The van der Waals surface area contributed by atoms with Crippen LogP contribution in [0.3, 0.4) is 0 Å². The highest BCUT2D eigenvalue weighted by Crippen LogP contribution is 2.26. The molecule has 1 fully saturated rings. The molecular formula is C18H20N2O4S. The SMILES string of the molecule is CCc1ccccc1OCC(=O)NCC1CN(c2cccs2)C(=O)O1. The highest BCUT2D eigenvalue weighted by Gasteiger charge is 2.32. The number of ether oxygens (including phenoxy) is 2. The molecule has 0 aliphatic carbocycles. The van der Waals surface area contributed by atoms with Gasteiger partial charge in [0.15, 0.2) is 6.61 Å². The van der Waals surface area contributed by atoms with Crippen molar-refractivity contribution >= 4 is 28.3 Å². The van der Waals surface area contributed by atoms with Crippen LogP contribution in [0, 0.1) is 0 Å². The number of carbonyl (C=O) groups is 2. The zero-order valence-corrected chi connectivity index (χ0v) is 14.8. The van der Waals surface area contributed by atoms with Crippen LogP contribution in [-0.2, 0) is 16.0 Å². The minimum atomic E-state index is -0.380. The molecule has 1 aromatic carbocycles. The molecule has 0 bridgehead atoms. The van der Waals surface area contributed by atoms with Gasteiger partial charge in [0.25, 0.3) is 5.91 Å². The summed E-state index contributed by atoms with van der Waals surface area (Å²) in [5.74, 6) is 0.479. The second kappa shape index (κ2) is 8.02. The summed E-state index contributed by atoms with van der Waals surface area (Å²) in [5, 5.41) is 5.51. The molecule has 1 aromatic heterocycles. The van der Waals surface area contributed by atoms with Crippen LogP contribution >= 0.6 is 11.3 Å². The van der Waals surface area contributed by atoms with E-state index in [9.17, 15) is 9.59 Å². The number of nitrogens with one attached hydrogen (secondary N) is 1. The van der Waals surface area contributed by atoms with Crippen LogP contribution in [0.1, 0.15) is 12.5 Å². The van der Waals surface area contributed by atoms with Crippen LogP contribution in [-0.4, -0.2) is 37.8 Å². The Hall–Kier alpha value is -2.54. The molecule has 1 unspecified atom stereocenters. The summed E-state index contributed by atoms with van der Waals surface area (Å²) in [5.41, 5.74) is 1.06. The molecular weight excluding hydrogens is 340 g/mol. The van der Waals surface area contributed by atoms with Crippen LogP contribution in [0.15, 0.2) is 41.8 Å². The first kappa shape index (κ1) is 17.3. The van der Waals surface area contributed by atoms with Crippen molar-refractivity contribution in [3.8, 4) is 5.75 Å². The summed E-state index contributed by atoms with van der Waals surface area (Å²) in [7, 11) is 0. The Bertz CT molecular complexity index is 732. The van der Waals surface area contributed by atoms with Gasteiger partial charge in [0.1, 0.15) is 16.9 Å². The molecule has 1 aliphatic rings. The summed E-state index contributed by atoms with van der Waals surface area (Å²) in [6.45, 7) is 2.67. The molecule has 0 spiro atoms. The molecule has 0 saturated carbocycles. The Morgan fingerprint density at radius 1 is 1.36 bits per heavy atom. The van der Waals surface area contributed by atoms with Gasteiger partial charge in [0.2, 0.25) is 0 Å². The highest BCUT2D eigenvalue weighted by molar-refractivity contribution is 7.14. The maximum Gasteiger partial charge on any atom is 0.415 e. The summed E-state index contributed by atoms with van der Waals surface area (Å²) in [4.78, 5) is 25.4. The fourth-order valence-electron chi connectivity index (χ4n) is 2.59. The van der Waals surface area contributed by atoms with Gasteiger partial charge in [-0.15, -0.1) is 11.3 Å². The van der Waals surface area contributed by atoms with E-state index < -0.39 is 0 Å². The number of aryl methyl sites for hydroxylation is 1. The standard InChI is InChI=1S/C18H20N2O4S/c1-2-13-6-3-4-7-15(13)23-12-16(21)19-10-14-11-20(18(22)24-14)17-8-5-9-25-17/h3-9,14H,2,10-12H2,1H3,(H,19,21). The van der Waals surface area contributed by atoms with E-state index in [2.05, 4.69) is 5.32 Å². The number of hydrogen-bond acceptors (Lipinski definition) is 5. The van der Waals surface area contributed by atoms with Gasteiger partial charge in [-0.25, -0.2) is 4.79 Å². The number of thiophene rings is 1. The van der Waals surface area contributed by atoms with E-state index >= 15 is 0 Å². The van der Waals surface area contributed by atoms with Crippen molar-refractivity contribution in [2.45, 2.75) is 19.4 Å². The van der Waals surface area contributed by atoms with Crippen molar-refractivity contribution in [3.05, 3.63) is 47.3 Å². The van der Waals surface area contributed by atoms with Gasteiger partial charge >= 0.3 is 6.09 Å². The summed E-state index contributed by atoms with van der Waals surface area (Å²) >= 11 is 1.48. The van der Waals surface area contributed by atoms with Gasteiger partial charge in [-0.2, -0.15) is 0 Å². The first-order valence-electron chi connectivity index (χ1n) is 8.16. The topological polar surface area (TPSA) is 67.9 Å². The van der Waals surface area contributed by atoms with Gasteiger partial charge < -0.3 is 14.8 Å². The van der Waals surface area contributed by atoms with E-state index in [1.807, 2.05) is 48.7 Å². The molecule has 132 valence electrons. The average molecular weight is 360 g/mol. The number of hydrogen-bond donors (Lipinski definition) is 1. The summed E-state index contributed by atoms with van der Waals surface area (Å²) < 4.78 is 10.9. The molecule has 1 atom stereocenters. The molecule has 0 radical (unpaired) electrons. The number of rotatable bonds is 7. The van der Waals surface area contributed by atoms with Crippen LogP contribution in [0.25, 0.3) is 0 Å². The predicted octanol–water partition coefficient (Wildman–Crippen LogP) is 2.83. The summed E-state index contributed by atoms with van der Waals surface area (Å²) in [6.07, 6.45) is 0.102. The quantitative estimate of drug-likeness (QED) is 0.824. The Labute approximate surface area is 150 Å². The molecule has 6 nitrogen and oxygen atoms in total. The second-order valence-corrected chi connectivity index (χ2v) is 6.55. The lowest BCUT2D eigenvalue weighted by molar-refractivity contribution is -0.123. The number of cyclic esters (lactones) is 1. The van der Waals surface area contributed by atoms with Crippen LogP contribution < -0.4 is 15.0 Å². The molecule has 7 heteroatoms. The van der Waals surface area contributed by atoms with E-state index in [1.54, 1.807) is 4.90 Å². The van der Waals surface area contributed by atoms with E-state index in [0.717, 1.165) is 22.7 Å². The molecule has 1 saturated heterocycles. The maximum absolute atomic E-state index is 12.0. The van der Waals surface area contributed by atoms with E-state index in [4.69, 9.17) is 9.47 Å². The first-order chi connectivity index (χ1) is 12.2. The van der Waals surface area contributed by atoms with Gasteiger partial charge in [0, 0.05) is 0 Å². The highest BCUT2D eigenvalue weighted by atomic mass is 32.1. The van der Waals surface area contributed by atoms with Gasteiger partial charge in [0.05, 0.1) is 13.1 Å². The predicted molar refractivity (Wildman–Crippen MR) is 96.3 cm³/mol. The third-order valence-electron chi connectivity index (χ3n) is 3.89. The fourth-order valence-corrected chi connectivity index (χ4v) is 3.32. The normalized spacial score (nSPS) is 16.6. The second-order valence-electron chi connectivity index (χ2n) is 5.62. The lowest BCUT2D eigenvalue weighted by Crippen LogP contribution is -2.37. The van der Waals surface area contributed by atoms with Crippen molar-refractivity contribution in [3.63, 3.8) is 0 Å². The molecule has 3 rings (SSSR count). The maximum atomic E-state index is 12.0. The van der Waals surface area contributed by atoms with E-state index in [1.165, 1.54) is 11.3 Å². The minimum absolute atomic E-state index is 0.0632. The smallest absolute Gasteiger partial charge is 0.415 e. The average Bonchev–Trinajstić information content (AvgIpc) is 3.27. The van der Waals surface area contributed by atoms with Crippen molar-refractivity contribution in [1.82, 2.24) is 5.32 Å². The van der Waals surface area contributed by atoms with Gasteiger partial charge in [-0.05, 0) is 35.6 Å². The minimum Gasteiger partial charge on any atom is -0.483 e. The van der Waals surface area contributed by atoms with E-state index in [0.29, 0.717) is 6.54 Å². The third kappa shape index (κ3) is 4.30. The van der Waals surface area contributed by atoms with Crippen LogP contribution in [0.5, 0.6) is 5.75 Å². The number of benzene rings is 1. The zero-order chi connectivity index (χ0) is 17.6. The number of amides is 2. The Morgan fingerprint density at radius 3 is 2.96 bits per heavy atom. The third-order valence-corrected chi connectivity index (χ3v) is 4.78. The molecule has 1 N–H and O–H groups in total. The Kier molecular flexibility index (Phi) is 5.55. The van der Waals surface area contributed by atoms with Gasteiger partial charge in [-0.1, -0.05) is 25.1 Å². The van der Waals surface area contributed by atoms with Gasteiger partial charge in [-0.3, -0.25) is 9.69 Å². The van der Waals surface area contributed by atoms with Crippen molar-refractivity contribution in [2.24, 2.45) is 0 Å². The lowest BCUT2D eigenvalue weighted by atomic mass is 10.1. The Morgan fingerprint density at radius 2 is 2.20 bits per heavy atom. The van der Waals surface area contributed by atoms with Crippen molar-refractivity contribution < 1.29 is 19.1 Å². The first-order valence-corrected chi connectivity index (χ1v) is 9.04. The van der Waals surface area contributed by atoms with Crippen LogP contribution in [0.4, 0.5) is 9.80 Å². The van der Waals surface area contributed by atoms with Crippen molar-refractivity contribution in [1.29, 1.82) is 0 Å². The lowest BCUT2D eigenvalue weighted by Gasteiger charge is -2.12. The van der Waals surface area contributed by atoms with Crippen LogP contribution in [0.2, 0.25) is 0 Å². The number of nitrogens with zero attached hydrogens (tertiary/aromatic N) is 1. The Balaban J connectivity index is 1.44. The molecule has 2 amide bonds.